The van der Waals surface area contributed by atoms with Crippen LogP contribution in [0.4, 0.5) is 11.4 Å². The number of nitrogens with zero attached hydrogens (tertiary/aromatic N) is 1. The molecule has 0 aliphatic carbocycles. The van der Waals surface area contributed by atoms with Crippen LogP contribution in [0.2, 0.25) is 0 Å². The van der Waals surface area contributed by atoms with Crippen LogP contribution in [0.15, 0.2) is 48.5 Å². The third-order valence-electron chi connectivity index (χ3n) is 4.89. The molecule has 2 N–H and O–H groups in total. The fourth-order valence-corrected chi connectivity index (χ4v) is 3.35. The predicted molar refractivity (Wildman–Crippen MR) is 111 cm³/mol. The van der Waals surface area contributed by atoms with Crippen LogP contribution in [0.25, 0.3) is 0 Å². The van der Waals surface area contributed by atoms with Gasteiger partial charge in [-0.1, -0.05) is 12.1 Å². The van der Waals surface area contributed by atoms with E-state index in [4.69, 9.17) is 4.74 Å². The largest absolute Gasteiger partial charge is 0.497 e. The van der Waals surface area contributed by atoms with Gasteiger partial charge in [0, 0.05) is 44.0 Å². The van der Waals surface area contributed by atoms with E-state index in [1.807, 2.05) is 24.3 Å². The zero-order chi connectivity index (χ0) is 18.9. The first kappa shape index (κ1) is 19.1. The maximum absolute atomic E-state index is 12.0. The van der Waals surface area contributed by atoms with Crippen LogP contribution in [0.1, 0.15) is 24.8 Å². The van der Waals surface area contributed by atoms with Gasteiger partial charge in [0.05, 0.1) is 7.11 Å². The molecule has 0 bridgehead atoms. The molecule has 2 aromatic carbocycles. The first-order valence-corrected chi connectivity index (χ1v) is 9.73. The number of carbonyl (C=O) groups excluding carboxylic acids is 1. The third-order valence-corrected chi connectivity index (χ3v) is 4.89. The van der Waals surface area contributed by atoms with Crippen molar-refractivity contribution in [2.75, 3.05) is 43.5 Å². The van der Waals surface area contributed by atoms with E-state index in [2.05, 4.69) is 39.8 Å². The van der Waals surface area contributed by atoms with Crippen molar-refractivity contribution in [1.29, 1.82) is 0 Å². The summed E-state index contributed by atoms with van der Waals surface area (Å²) in [5.41, 5.74) is 3.50. The Morgan fingerprint density at radius 3 is 2.59 bits per heavy atom. The molecule has 3 rings (SSSR count). The molecule has 0 spiro atoms. The fourth-order valence-electron chi connectivity index (χ4n) is 3.35. The second kappa shape index (κ2) is 9.86. The van der Waals surface area contributed by atoms with E-state index in [1.54, 1.807) is 7.11 Å². The molecular formula is C22H29N3O2. The van der Waals surface area contributed by atoms with Crippen LogP contribution in [-0.2, 0) is 11.2 Å². The number of rotatable bonds is 9. The normalized spacial score (nSPS) is 13.4. The van der Waals surface area contributed by atoms with E-state index in [1.165, 1.54) is 18.5 Å². The molecule has 0 radical (unpaired) electrons. The van der Waals surface area contributed by atoms with Crippen molar-refractivity contribution in [3.63, 3.8) is 0 Å². The van der Waals surface area contributed by atoms with Crippen molar-refractivity contribution in [3.05, 3.63) is 54.1 Å². The smallest absolute Gasteiger partial charge is 0.221 e. The van der Waals surface area contributed by atoms with E-state index in [0.717, 1.165) is 36.5 Å². The van der Waals surface area contributed by atoms with Crippen LogP contribution in [0, 0.1) is 0 Å². The number of nitrogens with one attached hydrogen (secondary N) is 2. The summed E-state index contributed by atoms with van der Waals surface area (Å²) in [5.74, 6) is 0.915. The Labute approximate surface area is 161 Å². The maximum Gasteiger partial charge on any atom is 0.221 e. The molecule has 5 heteroatoms. The molecule has 1 amide bonds. The zero-order valence-electron chi connectivity index (χ0n) is 16.0. The molecular weight excluding hydrogens is 338 g/mol. The van der Waals surface area contributed by atoms with Gasteiger partial charge in [0.2, 0.25) is 5.91 Å². The average molecular weight is 367 g/mol. The van der Waals surface area contributed by atoms with Gasteiger partial charge in [-0.05, 0) is 61.2 Å². The van der Waals surface area contributed by atoms with Crippen molar-refractivity contribution in [2.45, 2.75) is 25.7 Å². The average Bonchev–Trinajstić information content (AvgIpc) is 3.23. The summed E-state index contributed by atoms with van der Waals surface area (Å²) in [6.07, 6.45) is 3.83. The SMILES string of the molecule is COc1cccc(CCNC(=O)CCNc2ccc(N3CCCC3)cc2)c1. The summed E-state index contributed by atoms with van der Waals surface area (Å²) in [5, 5.41) is 6.30. The predicted octanol–water partition coefficient (Wildman–Crippen LogP) is 3.46. The topological polar surface area (TPSA) is 53.6 Å². The highest BCUT2D eigenvalue weighted by Gasteiger charge is 2.11. The lowest BCUT2D eigenvalue weighted by atomic mass is 10.1. The van der Waals surface area contributed by atoms with Crippen LogP contribution in [0.5, 0.6) is 5.75 Å². The molecule has 1 aliphatic heterocycles. The Bertz CT molecular complexity index is 725. The highest BCUT2D eigenvalue weighted by atomic mass is 16.5. The quantitative estimate of drug-likeness (QED) is 0.713. The second-order valence-electron chi connectivity index (χ2n) is 6.87. The molecule has 1 aliphatic rings. The number of hydrogen-bond acceptors (Lipinski definition) is 4. The van der Waals surface area contributed by atoms with Crippen LogP contribution >= 0.6 is 0 Å². The first-order valence-electron chi connectivity index (χ1n) is 9.73. The minimum Gasteiger partial charge on any atom is -0.497 e. The molecule has 144 valence electrons. The Morgan fingerprint density at radius 1 is 1.07 bits per heavy atom. The monoisotopic (exact) mass is 367 g/mol. The Kier molecular flexibility index (Phi) is 6.97. The maximum atomic E-state index is 12.0. The number of methoxy groups -OCH3 is 1. The van der Waals surface area contributed by atoms with Gasteiger partial charge in [-0.25, -0.2) is 0 Å². The molecule has 1 saturated heterocycles. The summed E-state index contributed by atoms with van der Waals surface area (Å²) in [7, 11) is 1.66. The lowest BCUT2D eigenvalue weighted by Gasteiger charge is -2.18. The lowest BCUT2D eigenvalue weighted by Crippen LogP contribution is -2.27. The van der Waals surface area contributed by atoms with Crippen molar-refractivity contribution in [3.8, 4) is 5.75 Å². The lowest BCUT2D eigenvalue weighted by molar-refractivity contribution is -0.120. The first-order chi connectivity index (χ1) is 13.2. The Balaban J connectivity index is 1.33. The number of ether oxygens (including phenoxy) is 1. The van der Waals surface area contributed by atoms with Gasteiger partial charge in [-0.3, -0.25) is 4.79 Å². The van der Waals surface area contributed by atoms with E-state index >= 15 is 0 Å². The fraction of sp³-hybridized carbons (Fsp3) is 0.409. The number of anilines is 2. The minimum atomic E-state index is 0.0686. The Hall–Kier alpha value is -2.69. The van der Waals surface area contributed by atoms with Crippen LogP contribution < -0.4 is 20.3 Å². The molecule has 5 nitrogen and oxygen atoms in total. The second-order valence-corrected chi connectivity index (χ2v) is 6.87. The molecule has 0 atom stereocenters. The highest BCUT2D eigenvalue weighted by molar-refractivity contribution is 5.76. The molecule has 0 unspecified atom stereocenters. The van der Waals surface area contributed by atoms with Crippen molar-refractivity contribution in [2.24, 2.45) is 0 Å². The van der Waals surface area contributed by atoms with Gasteiger partial charge >= 0.3 is 0 Å². The van der Waals surface area contributed by atoms with Gasteiger partial charge in [0.1, 0.15) is 5.75 Å². The zero-order valence-corrected chi connectivity index (χ0v) is 16.0. The Morgan fingerprint density at radius 2 is 1.85 bits per heavy atom. The molecule has 0 aromatic heterocycles. The van der Waals surface area contributed by atoms with Crippen molar-refractivity contribution >= 4 is 17.3 Å². The number of hydrogen-bond donors (Lipinski definition) is 2. The van der Waals surface area contributed by atoms with E-state index in [9.17, 15) is 4.79 Å². The van der Waals surface area contributed by atoms with Gasteiger partial charge in [-0.2, -0.15) is 0 Å². The van der Waals surface area contributed by atoms with Gasteiger partial charge in [-0.15, -0.1) is 0 Å². The standard InChI is InChI=1S/C22H29N3O2/c1-27-21-6-4-5-18(17-21)11-13-24-22(26)12-14-23-19-7-9-20(10-8-19)25-15-2-3-16-25/h4-10,17,23H,2-3,11-16H2,1H3,(H,24,26). The summed E-state index contributed by atoms with van der Waals surface area (Å²) in [4.78, 5) is 14.4. The molecule has 1 fully saturated rings. The van der Waals surface area contributed by atoms with E-state index < -0.39 is 0 Å². The highest BCUT2D eigenvalue weighted by Crippen LogP contribution is 2.22. The van der Waals surface area contributed by atoms with E-state index in [0.29, 0.717) is 19.5 Å². The van der Waals surface area contributed by atoms with Crippen molar-refractivity contribution in [1.82, 2.24) is 5.32 Å². The third kappa shape index (κ3) is 5.91. The summed E-state index contributed by atoms with van der Waals surface area (Å²) in [6, 6.07) is 16.4. The summed E-state index contributed by atoms with van der Waals surface area (Å²) >= 11 is 0. The summed E-state index contributed by atoms with van der Waals surface area (Å²) in [6.45, 7) is 3.58. The van der Waals surface area contributed by atoms with E-state index in [-0.39, 0.29) is 5.91 Å². The molecule has 27 heavy (non-hydrogen) atoms. The van der Waals surface area contributed by atoms with Crippen LogP contribution in [0.3, 0.4) is 0 Å². The van der Waals surface area contributed by atoms with Gasteiger partial charge < -0.3 is 20.3 Å². The molecule has 0 saturated carbocycles. The number of amides is 1. The van der Waals surface area contributed by atoms with Gasteiger partial charge in [0.25, 0.3) is 0 Å². The van der Waals surface area contributed by atoms with Crippen molar-refractivity contribution < 1.29 is 9.53 Å². The number of benzene rings is 2. The molecule has 1 heterocycles. The number of carbonyl (C=O) groups is 1. The van der Waals surface area contributed by atoms with Gasteiger partial charge in [0.15, 0.2) is 0 Å². The summed E-state index contributed by atoms with van der Waals surface area (Å²) < 4.78 is 5.22. The minimum absolute atomic E-state index is 0.0686. The molecule has 2 aromatic rings. The van der Waals surface area contributed by atoms with Crippen LogP contribution in [-0.4, -0.2) is 39.2 Å².